The number of aryl methyl sites for hydroxylation is 1. The molecular formula is C21H28N4O2. The highest BCUT2D eigenvalue weighted by molar-refractivity contribution is 5.79. The number of anilines is 1. The zero-order valence-electron chi connectivity index (χ0n) is 16.1. The molecule has 6 nitrogen and oxygen atoms in total. The first-order valence-electron chi connectivity index (χ1n) is 9.76. The lowest BCUT2D eigenvalue weighted by atomic mass is 9.95. The fourth-order valence-corrected chi connectivity index (χ4v) is 3.53. The fourth-order valence-electron chi connectivity index (χ4n) is 3.53. The molecule has 0 spiro atoms. The highest BCUT2D eigenvalue weighted by Gasteiger charge is 2.26. The molecule has 0 unspecified atom stereocenters. The van der Waals surface area contributed by atoms with E-state index < -0.39 is 0 Å². The van der Waals surface area contributed by atoms with E-state index in [0.717, 1.165) is 43.6 Å². The Morgan fingerprint density at radius 1 is 1.26 bits per heavy atom. The van der Waals surface area contributed by atoms with E-state index in [0.29, 0.717) is 6.54 Å². The lowest BCUT2D eigenvalue weighted by Crippen LogP contribution is -2.41. The molecule has 1 atom stereocenters. The summed E-state index contributed by atoms with van der Waals surface area (Å²) in [6, 6.07) is 11.7. The van der Waals surface area contributed by atoms with E-state index >= 15 is 0 Å². The lowest BCUT2D eigenvalue weighted by Gasteiger charge is -2.33. The normalized spacial score (nSPS) is 16.1. The Bertz CT molecular complexity index is 810. The Morgan fingerprint density at radius 2 is 1.96 bits per heavy atom. The molecule has 1 aliphatic rings. The molecule has 0 bridgehead atoms. The average molecular weight is 368 g/mol. The maximum Gasteiger partial charge on any atom is 0.268 e. The number of aromatic nitrogens is 2. The summed E-state index contributed by atoms with van der Waals surface area (Å²) in [5, 5.41) is 7.38. The van der Waals surface area contributed by atoms with Crippen LogP contribution in [0.5, 0.6) is 0 Å². The van der Waals surface area contributed by atoms with Crippen molar-refractivity contribution in [2.75, 3.05) is 18.0 Å². The van der Waals surface area contributed by atoms with E-state index in [1.54, 1.807) is 12.3 Å². The van der Waals surface area contributed by atoms with E-state index in [-0.39, 0.29) is 23.4 Å². The second-order valence-corrected chi connectivity index (χ2v) is 7.18. The number of nitrogens with zero attached hydrogens (tertiary/aromatic N) is 3. The number of rotatable bonds is 6. The summed E-state index contributed by atoms with van der Waals surface area (Å²) in [5.41, 5.74) is 1.90. The quantitative estimate of drug-likeness (QED) is 0.851. The van der Waals surface area contributed by atoms with Crippen LogP contribution in [0.4, 0.5) is 5.69 Å². The third-order valence-corrected chi connectivity index (χ3v) is 5.18. The van der Waals surface area contributed by atoms with Gasteiger partial charge in [0.15, 0.2) is 0 Å². The van der Waals surface area contributed by atoms with Gasteiger partial charge < -0.3 is 10.2 Å². The van der Waals surface area contributed by atoms with E-state index in [9.17, 15) is 9.59 Å². The van der Waals surface area contributed by atoms with Gasteiger partial charge in [-0.15, -0.1) is 0 Å². The van der Waals surface area contributed by atoms with Crippen molar-refractivity contribution in [2.24, 2.45) is 5.92 Å². The molecule has 2 aromatic rings. The largest absolute Gasteiger partial charge is 0.370 e. The maximum absolute atomic E-state index is 12.6. The van der Waals surface area contributed by atoms with E-state index in [1.165, 1.54) is 4.68 Å². The molecule has 6 heteroatoms. The van der Waals surface area contributed by atoms with Gasteiger partial charge in [0.2, 0.25) is 5.91 Å². The van der Waals surface area contributed by atoms with Gasteiger partial charge in [-0.05, 0) is 31.7 Å². The summed E-state index contributed by atoms with van der Waals surface area (Å²) in [7, 11) is 0. The van der Waals surface area contributed by atoms with E-state index in [1.807, 2.05) is 44.2 Å². The van der Waals surface area contributed by atoms with Gasteiger partial charge >= 0.3 is 0 Å². The molecule has 3 rings (SSSR count). The molecule has 144 valence electrons. The molecule has 1 amide bonds. The van der Waals surface area contributed by atoms with Gasteiger partial charge in [-0.25, -0.2) is 4.68 Å². The summed E-state index contributed by atoms with van der Waals surface area (Å²) in [5.74, 6) is 0.128. The standard InChI is InChI=1S/C21H28N4O2/c1-3-11-25-20(26)14-19(15-22-25)24-12-9-18(10-13-24)21(27)23-16(2)17-7-5-4-6-8-17/h4-8,14-16,18H,3,9-13H2,1-2H3,(H,23,27)/t16-/m1/s1. The second kappa shape index (κ2) is 8.84. The Balaban J connectivity index is 1.54. The first-order chi connectivity index (χ1) is 13.1. The van der Waals surface area contributed by atoms with Crippen LogP contribution in [0.3, 0.4) is 0 Å². The van der Waals surface area contributed by atoms with E-state index in [2.05, 4.69) is 15.3 Å². The van der Waals surface area contributed by atoms with Crippen molar-refractivity contribution in [1.29, 1.82) is 0 Å². The van der Waals surface area contributed by atoms with Crippen molar-refractivity contribution in [3.63, 3.8) is 0 Å². The average Bonchev–Trinajstić information content (AvgIpc) is 2.70. The Morgan fingerprint density at radius 3 is 2.59 bits per heavy atom. The van der Waals surface area contributed by atoms with Crippen molar-refractivity contribution < 1.29 is 4.79 Å². The van der Waals surface area contributed by atoms with Crippen LogP contribution in [0, 0.1) is 5.92 Å². The summed E-state index contributed by atoms with van der Waals surface area (Å²) in [6.45, 7) is 6.20. The molecule has 0 aliphatic carbocycles. The second-order valence-electron chi connectivity index (χ2n) is 7.18. The van der Waals surface area contributed by atoms with Crippen LogP contribution < -0.4 is 15.8 Å². The third kappa shape index (κ3) is 4.76. The molecule has 1 aromatic carbocycles. The van der Waals surface area contributed by atoms with Crippen LogP contribution in [-0.4, -0.2) is 28.8 Å². The first-order valence-corrected chi connectivity index (χ1v) is 9.76. The summed E-state index contributed by atoms with van der Waals surface area (Å²) in [6.07, 6.45) is 4.21. The Kier molecular flexibility index (Phi) is 6.27. The molecule has 1 aromatic heterocycles. The molecule has 0 radical (unpaired) electrons. The van der Waals surface area contributed by atoms with Gasteiger partial charge in [-0.3, -0.25) is 9.59 Å². The van der Waals surface area contributed by atoms with Gasteiger partial charge in [0.05, 0.1) is 17.9 Å². The topological polar surface area (TPSA) is 67.2 Å². The van der Waals surface area contributed by atoms with Crippen molar-refractivity contribution in [2.45, 2.75) is 45.7 Å². The zero-order valence-corrected chi connectivity index (χ0v) is 16.1. The van der Waals surface area contributed by atoms with Gasteiger partial charge in [0, 0.05) is 31.6 Å². The molecular weight excluding hydrogens is 340 g/mol. The first kappa shape index (κ1) is 19.1. The van der Waals surface area contributed by atoms with Crippen LogP contribution in [0.1, 0.15) is 44.7 Å². The smallest absolute Gasteiger partial charge is 0.268 e. The van der Waals surface area contributed by atoms with Crippen LogP contribution in [-0.2, 0) is 11.3 Å². The number of carbonyl (C=O) groups is 1. The van der Waals surface area contributed by atoms with Crippen LogP contribution in [0.2, 0.25) is 0 Å². The minimum Gasteiger partial charge on any atom is -0.370 e. The highest BCUT2D eigenvalue weighted by Crippen LogP contribution is 2.23. The van der Waals surface area contributed by atoms with Crippen molar-refractivity contribution >= 4 is 11.6 Å². The Hall–Kier alpha value is -2.63. The number of nitrogens with one attached hydrogen (secondary N) is 1. The number of benzene rings is 1. The van der Waals surface area contributed by atoms with Crippen LogP contribution in [0.25, 0.3) is 0 Å². The molecule has 0 saturated carbocycles. The molecule has 1 fully saturated rings. The molecule has 1 saturated heterocycles. The lowest BCUT2D eigenvalue weighted by molar-refractivity contribution is -0.126. The minimum atomic E-state index is -0.0640. The van der Waals surface area contributed by atoms with Gasteiger partial charge in [0.25, 0.3) is 5.56 Å². The van der Waals surface area contributed by atoms with Gasteiger partial charge in [0.1, 0.15) is 0 Å². The highest BCUT2D eigenvalue weighted by atomic mass is 16.2. The van der Waals surface area contributed by atoms with Crippen molar-refractivity contribution in [1.82, 2.24) is 15.1 Å². The Labute approximate surface area is 160 Å². The molecule has 1 N–H and O–H groups in total. The minimum absolute atomic E-state index is 0.00656. The summed E-state index contributed by atoms with van der Waals surface area (Å²) < 4.78 is 1.49. The number of hydrogen-bond donors (Lipinski definition) is 1. The van der Waals surface area contributed by atoms with E-state index in [4.69, 9.17) is 0 Å². The van der Waals surface area contributed by atoms with Crippen LogP contribution >= 0.6 is 0 Å². The SMILES string of the molecule is CCCn1ncc(N2CCC(C(=O)N[C@H](C)c3ccccc3)CC2)cc1=O. The van der Waals surface area contributed by atoms with Crippen molar-refractivity contribution in [3.05, 3.63) is 58.5 Å². The predicted octanol–water partition coefficient (Wildman–Crippen LogP) is 2.75. The number of amides is 1. The third-order valence-electron chi connectivity index (χ3n) is 5.18. The molecule has 2 heterocycles. The van der Waals surface area contributed by atoms with Crippen LogP contribution in [0.15, 0.2) is 47.4 Å². The zero-order chi connectivity index (χ0) is 19.2. The number of hydrogen-bond acceptors (Lipinski definition) is 4. The monoisotopic (exact) mass is 368 g/mol. The number of carbonyl (C=O) groups excluding carboxylic acids is 1. The number of piperidine rings is 1. The van der Waals surface area contributed by atoms with Gasteiger partial charge in [-0.2, -0.15) is 5.10 Å². The maximum atomic E-state index is 12.6. The fraction of sp³-hybridized carbons (Fsp3) is 0.476. The summed E-state index contributed by atoms with van der Waals surface area (Å²) in [4.78, 5) is 26.9. The molecule has 27 heavy (non-hydrogen) atoms. The van der Waals surface area contributed by atoms with Gasteiger partial charge in [-0.1, -0.05) is 37.3 Å². The molecule has 1 aliphatic heterocycles. The van der Waals surface area contributed by atoms with Crippen molar-refractivity contribution in [3.8, 4) is 0 Å². The predicted molar refractivity (Wildman–Crippen MR) is 107 cm³/mol. The summed E-state index contributed by atoms with van der Waals surface area (Å²) >= 11 is 0.